The highest BCUT2D eigenvalue weighted by molar-refractivity contribution is 8.49. The van der Waals surface area contributed by atoms with Gasteiger partial charge in [0.15, 0.2) is 0 Å². The van der Waals surface area contributed by atoms with Crippen molar-refractivity contribution in [1.82, 2.24) is 4.98 Å². The molecule has 1 aromatic heterocycles. The minimum Gasteiger partial charge on any atom is -0.345 e. The van der Waals surface area contributed by atoms with Gasteiger partial charge >= 0.3 is 0 Å². The summed E-state index contributed by atoms with van der Waals surface area (Å²) in [7, 11) is -1.93. The Bertz CT molecular complexity index is 1020. The smallest absolute Gasteiger partial charge is 0.134 e. The molecule has 2 heterocycles. The lowest BCUT2D eigenvalue weighted by atomic mass is 9.99. The Labute approximate surface area is 201 Å². The maximum atomic E-state index is 15.7. The highest BCUT2D eigenvalue weighted by Gasteiger charge is 2.38. The first-order valence-electron chi connectivity index (χ1n) is 12.4. The van der Waals surface area contributed by atoms with Gasteiger partial charge < -0.3 is 4.90 Å². The third kappa shape index (κ3) is 5.45. The number of anilines is 1. The van der Waals surface area contributed by atoms with E-state index in [4.69, 9.17) is 4.98 Å². The number of rotatable bonds is 8. The molecule has 0 spiro atoms. The molecule has 5 heteroatoms. The van der Waals surface area contributed by atoms with Crippen LogP contribution in [0.25, 0.3) is 11.1 Å². The minimum atomic E-state index is -1.93. The van der Waals surface area contributed by atoms with E-state index < -0.39 is 9.16 Å². The maximum absolute atomic E-state index is 15.7. The van der Waals surface area contributed by atoms with Crippen LogP contribution in [0, 0.1) is 5.82 Å². The molecule has 0 aliphatic carbocycles. The summed E-state index contributed by atoms with van der Waals surface area (Å²) in [4.78, 5) is 11.6. The molecule has 2 aromatic rings. The molecule has 1 fully saturated rings. The number of hydrogen-bond donors (Lipinski definition) is 1. The van der Waals surface area contributed by atoms with Crippen molar-refractivity contribution < 1.29 is 4.39 Å². The highest BCUT2D eigenvalue weighted by Crippen LogP contribution is 2.69. The zero-order chi connectivity index (χ0) is 24.5. The second-order valence-electron chi connectivity index (χ2n) is 11.9. The van der Waals surface area contributed by atoms with Crippen molar-refractivity contribution in [2.45, 2.75) is 58.6 Å². The Morgan fingerprint density at radius 3 is 2.36 bits per heavy atom. The second-order valence-corrected chi connectivity index (χ2v) is 19.9. The van der Waals surface area contributed by atoms with E-state index >= 15 is 4.39 Å². The third-order valence-corrected chi connectivity index (χ3v) is 14.7. The van der Waals surface area contributed by atoms with Crippen LogP contribution in [-0.4, -0.2) is 59.6 Å². The van der Waals surface area contributed by atoms with Crippen molar-refractivity contribution >= 4 is 20.7 Å². The molecule has 0 radical (unpaired) electrons. The van der Waals surface area contributed by atoms with E-state index in [9.17, 15) is 0 Å². The first-order valence-corrected chi connectivity index (χ1v) is 16.1. The number of hydrogen-bond acceptors (Lipinski definition) is 3. The monoisotopic (exact) mass is 473 g/mol. The largest absolute Gasteiger partial charge is 0.345 e. The van der Waals surface area contributed by atoms with E-state index in [-0.39, 0.29) is 10.6 Å². The number of benzene rings is 1. The van der Waals surface area contributed by atoms with E-state index in [1.165, 1.54) is 11.3 Å². The standard InChI is InChI=1S/C28H44FN3S/c1-9-12-22-17-23(18-31-27(22)32-19-24(20-32)30-10-2)25-14-11-13-21(26(25)29)15-16-33(6,7,8)28(3,4)5/h11,13-14,17-18,33H,9-10,12,15-16,19-20H2,1-8H3. The summed E-state index contributed by atoms with van der Waals surface area (Å²) in [5, 5.41) is 0. The number of nitrogens with zero attached hydrogens (tertiary/aromatic N) is 3. The molecule has 1 aromatic carbocycles. The predicted molar refractivity (Wildman–Crippen MR) is 149 cm³/mol. The normalized spacial score (nSPS) is 15.7. The van der Waals surface area contributed by atoms with E-state index in [0.29, 0.717) is 5.56 Å². The van der Waals surface area contributed by atoms with Crippen LogP contribution in [0.1, 0.15) is 52.2 Å². The quantitative estimate of drug-likeness (QED) is 0.448. The zero-order valence-electron chi connectivity index (χ0n) is 22.0. The summed E-state index contributed by atoms with van der Waals surface area (Å²) in [5.74, 6) is 1.99. The molecule has 0 N–H and O–H groups in total. The van der Waals surface area contributed by atoms with Gasteiger partial charge in [-0.3, -0.25) is 14.2 Å². The molecule has 0 atom stereocenters. The van der Waals surface area contributed by atoms with E-state index in [1.807, 2.05) is 24.4 Å². The van der Waals surface area contributed by atoms with Crippen LogP contribution in [0.4, 0.5) is 10.2 Å². The molecule has 1 saturated heterocycles. The van der Waals surface area contributed by atoms with Gasteiger partial charge in [-0.25, -0.2) is 9.37 Å². The number of halogens is 1. The van der Waals surface area contributed by atoms with Crippen LogP contribution >= 0.6 is 9.16 Å². The molecule has 0 amide bonds. The summed E-state index contributed by atoms with van der Waals surface area (Å²) >= 11 is 0. The average molecular weight is 474 g/mol. The first-order chi connectivity index (χ1) is 15.3. The summed E-state index contributed by atoms with van der Waals surface area (Å²) in [6.45, 7) is 13.8. The lowest BCUT2D eigenvalue weighted by Gasteiger charge is -2.62. The van der Waals surface area contributed by atoms with Crippen LogP contribution in [-0.2, 0) is 12.8 Å². The van der Waals surface area contributed by atoms with Crippen LogP contribution in [0.5, 0.6) is 0 Å². The fraction of sp³-hybridized carbons (Fsp3) is 0.571. The van der Waals surface area contributed by atoms with Crippen LogP contribution in [0.2, 0.25) is 0 Å². The molecule has 184 valence electrons. The summed E-state index contributed by atoms with van der Waals surface area (Å²) in [5.41, 5.74) is 4.80. The Kier molecular flexibility index (Phi) is 7.33. The summed E-state index contributed by atoms with van der Waals surface area (Å²) in [6.07, 6.45) is 11.9. The van der Waals surface area contributed by atoms with Crippen molar-refractivity contribution in [3.8, 4) is 11.1 Å². The topological polar surface area (TPSA) is 28.5 Å². The van der Waals surface area contributed by atoms with E-state index in [2.05, 4.69) is 69.3 Å². The molecule has 3 rings (SSSR count). The Hall–Kier alpha value is -1.88. The van der Waals surface area contributed by atoms with Crippen LogP contribution < -0.4 is 4.90 Å². The first kappa shape index (κ1) is 25.7. The van der Waals surface area contributed by atoms with E-state index in [1.54, 1.807) is 0 Å². The number of thiol groups is 1. The maximum Gasteiger partial charge on any atom is 0.134 e. The number of pyridine rings is 1. The second kappa shape index (κ2) is 9.40. The minimum absolute atomic E-state index is 0.0864. The van der Waals surface area contributed by atoms with Crippen molar-refractivity contribution in [3.05, 3.63) is 47.4 Å². The molecule has 1 aliphatic rings. The van der Waals surface area contributed by atoms with Gasteiger partial charge in [0.1, 0.15) is 11.6 Å². The molecule has 0 saturated carbocycles. The zero-order valence-corrected chi connectivity index (χ0v) is 22.9. The van der Waals surface area contributed by atoms with Crippen LogP contribution in [0.3, 0.4) is 0 Å². The molecular weight excluding hydrogens is 429 g/mol. The van der Waals surface area contributed by atoms with Gasteiger partial charge in [0, 0.05) is 23.9 Å². The van der Waals surface area contributed by atoms with Crippen LogP contribution in [0.15, 0.2) is 35.5 Å². The van der Waals surface area contributed by atoms with Crippen molar-refractivity contribution in [1.29, 1.82) is 0 Å². The van der Waals surface area contributed by atoms with Gasteiger partial charge in [0.05, 0.1) is 18.8 Å². The van der Waals surface area contributed by atoms with Gasteiger partial charge in [0.25, 0.3) is 0 Å². The van der Waals surface area contributed by atoms with Gasteiger partial charge in [-0.1, -0.05) is 52.3 Å². The Morgan fingerprint density at radius 1 is 1.06 bits per heavy atom. The average Bonchev–Trinajstić information content (AvgIpc) is 2.69. The van der Waals surface area contributed by atoms with E-state index in [0.717, 1.165) is 61.6 Å². The SMILES string of the molecule is CCCc1cc(-c2cccc(CC[SH](C)(C)(C)C(C)(C)C)c2F)cnc1N1CC(=NCC)C1. The molecule has 1 aliphatic heterocycles. The summed E-state index contributed by atoms with van der Waals surface area (Å²) in [6, 6.07) is 8.00. The fourth-order valence-corrected chi connectivity index (χ4v) is 5.79. The molecule has 3 nitrogen and oxygen atoms in total. The number of aryl methyl sites for hydroxylation is 2. The van der Waals surface area contributed by atoms with Gasteiger partial charge in [-0.05, 0) is 66.2 Å². The number of aliphatic imine (C=N–C) groups is 1. The van der Waals surface area contributed by atoms with Crippen molar-refractivity contribution in [3.63, 3.8) is 0 Å². The lowest BCUT2D eigenvalue weighted by Crippen LogP contribution is -2.48. The molecule has 0 unspecified atom stereocenters. The highest BCUT2D eigenvalue weighted by atomic mass is 32.3. The fourth-order valence-electron chi connectivity index (χ4n) is 4.10. The van der Waals surface area contributed by atoms with Crippen molar-refractivity contribution in [2.24, 2.45) is 4.99 Å². The molecule has 33 heavy (non-hydrogen) atoms. The van der Waals surface area contributed by atoms with Gasteiger partial charge in [0.2, 0.25) is 0 Å². The third-order valence-electron chi connectivity index (χ3n) is 7.93. The Balaban J connectivity index is 1.88. The predicted octanol–water partition coefficient (Wildman–Crippen LogP) is 6.42. The molecule has 0 bridgehead atoms. The van der Waals surface area contributed by atoms with Gasteiger partial charge in [-0.15, -0.1) is 0 Å². The van der Waals surface area contributed by atoms with Gasteiger partial charge in [-0.2, -0.15) is 0 Å². The molecular formula is C28H44FN3S. The lowest BCUT2D eigenvalue weighted by molar-refractivity contribution is 0.615. The van der Waals surface area contributed by atoms with Crippen molar-refractivity contribution in [2.75, 3.05) is 49.1 Å². The number of aromatic nitrogens is 1. The summed E-state index contributed by atoms with van der Waals surface area (Å²) < 4.78 is 15.9. The Morgan fingerprint density at radius 2 is 1.76 bits per heavy atom.